The summed E-state index contributed by atoms with van der Waals surface area (Å²) in [5, 5.41) is 172. The molecule has 0 radical (unpaired) electrons. The summed E-state index contributed by atoms with van der Waals surface area (Å²) in [4.78, 5) is 43.1. The number of aliphatic hydroxyl groups is 15. The van der Waals surface area contributed by atoms with Gasteiger partial charge in [-0.25, -0.2) is 0 Å². The summed E-state index contributed by atoms with van der Waals surface area (Å²) < 4.78 is 72.0. The van der Waals surface area contributed by atoms with Crippen LogP contribution >= 0.6 is 0 Å². The Hall–Kier alpha value is -2.81. The normalized spacial score (nSPS) is 54.8. The van der Waals surface area contributed by atoms with Gasteiger partial charge in [0, 0.05) is 5.41 Å². The molecular formula is C63H98O30. The molecule has 0 aromatic rings. The zero-order chi connectivity index (χ0) is 67.8. The molecule has 30 nitrogen and oxygen atoms in total. The van der Waals surface area contributed by atoms with Gasteiger partial charge < -0.3 is 133 Å². The minimum absolute atomic E-state index is 0.0693. The predicted molar refractivity (Wildman–Crippen MR) is 308 cm³/mol. The number of carbonyl (C=O) groups excluding carboxylic acids is 3. The number of esters is 3. The minimum Gasteiger partial charge on any atom is -0.457 e. The molecule has 12 bridgehead atoms. The van der Waals surface area contributed by atoms with E-state index in [0.29, 0.717) is 32.1 Å². The number of rotatable bonds is 4. The van der Waals surface area contributed by atoms with Gasteiger partial charge in [0.05, 0.1) is 75.9 Å². The molecule has 12 fully saturated rings. The number of carbonyl (C=O) groups is 3. The lowest BCUT2D eigenvalue weighted by molar-refractivity contribution is -0.377. The number of allylic oxidation sites excluding steroid dienone is 2. The maximum absolute atomic E-state index is 15.7. The molecule has 530 valence electrons. The van der Waals surface area contributed by atoms with Crippen molar-refractivity contribution < 1.29 is 148 Å². The summed E-state index contributed by atoms with van der Waals surface area (Å²) in [6, 6.07) is 0. The van der Waals surface area contributed by atoms with Gasteiger partial charge in [-0.1, -0.05) is 53.2 Å². The van der Waals surface area contributed by atoms with Crippen molar-refractivity contribution in [2.24, 2.45) is 50.2 Å². The van der Waals surface area contributed by atoms with E-state index in [1.54, 1.807) is 6.92 Å². The van der Waals surface area contributed by atoms with Gasteiger partial charge in [-0.2, -0.15) is 0 Å². The van der Waals surface area contributed by atoms with Gasteiger partial charge in [0.2, 0.25) is 6.29 Å². The fraction of sp³-hybridized carbons (Fsp3) is 0.921. The van der Waals surface area contributed by atoms with E-state index in [2.05, 4.69) is 40.7 Å². The van der Waals surface area contributed by atoms with Gasteiger partial charge in [0.15, 0.2) is 43.5 Å². The summed E-state index contributed by atoms with van der Waals surface area (Å²) in [6.07, 6.45) is -41.1. The van der Waals surface area contributed by atoms with Crippen LogP contribution in [0.4, 0.5) is 0 Å². The lowest BCUT2D eigenvalue weighted by Gasteiger charge is -2.72. The highest BCUT2D eigenvalue weighted by Crippen LogP contribution is 2.76. The molecule has 15 N–H and O–H groups in total. The molecule has 4 saturated carbocycles. The van der Waals surface area contributed by atoms with Crippen molar-refractivity contribution in [2.75, 3.05) is 33.0 Å². The molecule has 0 amide bonds. The monoisotopic (exact) mass is 1330 g/mol. The van der Waals surface area contributed by atoms with E-state index in [1.165, 1.54) is 6.92 Å². The van der Waals surface area contributed by atoms with Crippen LogP contribution in [-0.2, 0) is 71.2 Å². The topological polar surface area (TPSA) is 465 Å². The maximum Gasteiger partial charge on any atom is 0.317 e. The minimum atomic E-state index is -2.31. The molecule has 0 aromatic carbocycles. The van der Waals surface area contributed by atoms with Gasteiger partial charge in [0.1, 0.15) is 84.8 Å². The van der Waals surface area contributed by atoms with Crippen molar-refractivity contribution in [1.82, 2.24) is 0 Å². The second kappa shape index (κ2) is 26.0. The van der Waals surface area contributed by atoms with Crippen LogP contribution in [0.1, 0.15) is 120 Å². The number of hydrogen-bond acceptors (Lipinski definition) is 30. The van der Waals surface area contributed by atoms with Crippen molar-refractivity contribution in [1.29, 1.82) is 0 Å². The SMILES string of the molecule is C[C@@H]1O[C@H]2O[C@H]3[C@@H](OC[C@H](O)[C@@H]3O)OC(=O)[C@]34CCC(C)(C)CC3C3=CCC5[C@@]6(C)C[C@H](O)[C@H](O[C@@H]7O[C@H](CO)[C@@H](O)[C@H](O)[C@H]7O[C@@H]7OC[C@H](OC(=O)CC(C)(O)CC(=O)O[C@@H]1[C@@H](O[C@@H]1OC[C@@H](O)[C@H](O)[C@H]1O)[C@H]2O)[C@H](O)[C@H]7O)[C@@](C)(CO)C6CC[C@@]5(C)[C@]3(C)C[C@H]4O. The quantitative estimate of drug-likeness (QED) is 0.0557. The van der Waals surface area contributed by atoms with Gasteiger partial charge in [-0.05, 0) is 105 Å². The number of ether oxygens (including phenoxy) is 12. The van der Waals surface area contributed by atoms with Crippen molar-refractivity contribution >= 4 is 17.9 Å². The van der Waals surface area contributed by atoms with E-state index in [1.807, 2.05) is 0 Å². The standard InChI is InChI=1S/C63H98O30/c1-25-46-47(89-51-43(77)38(72)29(67)21-82-51)45(79)53(85-25)91-48-39(73)30(68)22-83-54(48)93-56(80)63-14-13-57(2,3)15-27(63)26-9-10-34-59(5)16-28(66)50(60(6,24-65)33(59)11-12-61(34,7)62(26,8)17-35(63)69)92-55-49(42(76)40(74)31(20-64)87-55)90-52-44(78)41(75)32(23-84-52)86-36(70)18-58(4,81)19-37(71)88-46/h9,25,27-35,38-55,64-69,72-79,81H,10-24H2,1-8H3/t25-,27?,28-,29+,30-,31+,32-,33?,34?,35+,38-,39-,40+,41-,42-,43+,44+,45+,46-,47-,48+,49+,50-,51-,52-,53-,54-,55-,58?,59-,60-,61+,62+,63+/m0/s1. The highest BCUT2D eigenvalue weighted by atomic mass is 16.8. The Morgan fingerprint density at radius 3 is 1.90 bits per heavy atom. The first-order valence-electron chi connectivity index (χ1n) is 32.7. The summed E-state index contributed by atoms with van der Waals surface area (Å²) in [5.74, 6) is -4.65. The van der Waals surface area contributed by atoms with Crippen molar-refractivity contribution in [3.8, 4) is 0 Å². The van der Waals surface area contributed by atoms with Crippen LogP contribution in [0.5, 0.6) is 0 Å². The van der Waals surface area contributed by atoms with E-state index in [4.69, 9.17) is 56.8 Å². The zero-order valence-electron chi connectivity index (χ0n) is 53.7. The molecule has 93 heavy (non-hydrogen) atoms. The molecule has 17 aliphatic rings. The van der Waals surface area contributed by atoms with E-state index in [-0.39, 0.29) is 30.6 Å². The van der Waals surface area contributed by atoms with E-state index in [0.717, 1.165) is 12.5 Å². The van der Waals surface area contributed by atoms with Gasteiger partial charge in [0.25, 0.3) is 0 Å². The highest BCUT2D eigenvalue weighted by molar-refractivity contribution is 5.80. The molecule has 8 saturated heterocycles. The molecule has 1 spiro atoms. The first-order valence-corrected chi connectivity index (χ1v) is 32.7. The van der Waals surface area contributed by atoms with Crippen LogP contribution in [0.15, 0.2) is 11.6 Å². The largest absolute Gasteiger partial charge is 0.457 e. The summed E-state index contributed by atoms with van der Waals surface area (Å²) in [5.41, 5.74) is -6.89. The van der Waals surface area contributed by atoms with E-state index in [9.17, 15) is 86.2 Å². The van der Waals surface area contributed by atoms with Crippen molar-refractivity contribution in [3.05, 3.63) is 11.6 Å². The average molecular weight is 1340 g/mol. The zero-order valence-corrected chi connectivity index (χ0v) is 53.7. The Kier molecular flexibility index (Phi) is 20.0. The third kappa shape index (κ3) is 12.3. The molecule has 12 aliphatic heterocycles. The summed E-state index contributed by atoms with van der Waals surface area (Å²) >= 11 is 0. The maximum atomic E-state index is 15.7. The first-order chi connectivity index (χ1) is 43.5. The van der Waals surface area contributed by atoms with Crippen LogP contribution < -0.4 is 0 Å². The lowest BCUT2D eigenvalue weighted by Crippen LogP contribution is -2.71. The molecular weight excluding hydrogens is 1240 g/mol. The third-order valence-electron chi connectivity index (χ3n) is 24.0. The predicted octanol–water partition coefficient (Wildman–Crippen LogP) is -3.71. The summed E-state index contributed by atoms with van der Waals surface area (Å²) in [6.45, 7) is 11.5. The van der Waals surface area contributed by atoms with Crippen molar-refractivity contribution in [3.63, 3.8) is 0 Å². The van der Waals surface area contributed by atoms with E-state index < -0.39 is 262 Å². The number of aliphatic hydroxyl groups excluding tert-OH is 14. The molecule has 12 heterocycles. The second-order valence-electron chi connectivity index (χ2n) is 30.6. The molecule has 17 rings (SSSR count). The third-order valence-corrected chi connectivity index (χ3v) is 24.0. The van der Waals surface area contributed by atoms with Crippen LogP contribution in [0.3, 0.4) is 0 Å². The average Bonchev–Trinajstić information content (AvgIpc) is 0.671. The Labute approximate surface area is 537 Å². The fourth-order valence-corrected chi connectivity index (χ4v) is 18.6. The molecule has 0 aromatic heterocycles. The van der Waals surface area contributed by atoms with Crippen molar-refractivity contribution in [2.45, 2.75) is 279 Å². The van der Waals surface area contributed by atoms with E-state index >= 15 is 4.79 Å². The Bertz CT molecular complexity index is 2740. The molecule has 5 aliphatic carbocycles. The molecule has 4 unspecified atom stereocenters. The first kappa shape index (κ1) is 71.5. The lowest BCUT2D eigenvalue weighted by atomic mass is 9.33. The smallest absolute Gasteiger partial charge is 0.317 e. The Morgan fingerprint density at radius 2 is 1.22 bits per heavy atom. The van der Waals surface area contributed by atoms with Gasteiger partial charge in [-0.15, -0.1) is 0 Å². The highest BCUT2D eigenvalue weighted by Gasteiger charge is 2.73. The van der Waals surface area contributed by atoms with Crippen LogP contribution in [0.2, 0.25) is 0 Å². The molecule has 30 heteroatoms. The van der Waals surface area contributed by atoms with Gasteiger partial charge in [-0.3, -0.25) is 14.4 Å². The second-order valence-corrected chi connectivity index (χ2v) is 30.6. The van der Waals surface area contributed by atoms with Crippen LogP contribution in [0.25, 0.3) is 0 Å². The number of hydrogen-bond donors (Lipinski definition) is 15. The molecule has 34 atom stereocenters. The van der Waals surface area contributed by atoms with Gasteiger partial charge >= 0.3 is 17.9 Å². The summed E-state index contributed by atoms with van der Waals surface area (Å²) in [7, 11) is 0. The fourth-order valence-electron chi connectivity index (χ4n) is 18.6. The Balaban J connectivity index is 0.961. The Morgan fingerprint density at radius 1 is 0.570 bits per heavy atom. The van der Waals surface area contributed by atoms with Crippen LogP contribution in [0, 0.1) is 50.2 Å². The van der Waals surface area contributed by atoms with Crippen LogP contribution in [-0.4, -0.2) is 287 Å².